The van der Waals surface area contributed by atoms with Crippen LogP contribution in [0.25, 0.3) is 0 Å². The van der Waals surface area contributed by atoms with Crippen molar-refractivity contribution < 1.29 is 63.9 Å². The van der Waals surface area contributed by atoms with Gasteiger partial charge in [0.15, 0.2) is 12.1 Å². The first-order chi connectivity index (χ1) is 22.3. The van der Waals surface area contributed by atoms with Crippen LogP contribution in [0, 0.1) is 5.92 Å². The lowest BCUT2D eigenvalue weighted by atomic mass is 9.83. The van der Waals surface area contributed by atoms with Crippen LogP contribution >= 0.6 is 0 Å². The first kappa shape index (κ1) is 37.1. The second-order valence-corrected chi connectivity index (χ2v) is 12.6. The number of aliphatic hydroxyl groups is 5. The SMILES string of the molecule is CC1O[C@@H](O[C@H]2/C=C/C=C/C=C/C=C/C[C@@H](C)OC(=O)/C=C/[C@H]3O[C@@H]3C[C@H](O)C[C@]3(O)C[C@H](O)[C@@H](C(=O)O)[C@H](C2)O3)[C@H](O)C(N)[C@@H]1O. The van der Waals surface area contributed by atoms with E-state index in [4.69, 9.17) is 29.4 Å². The minimum absolute atomic E-state index is 0.0789. The lowest BCUT2D eigenvalue weighted by Crippen LogP contribution is -2.61. The molecular formula is C33H47NO13. The molecule has 4 aliphatic heterocycles. The summed E-state index contributed by atoms with van der Waals surface area (Å²) in [6, 6.07) is -1.08. The Labute approximate surface area is 273 Å². The average Bonchev–Trinajstić information content (AvgIpc) is 3.72. The first-order valence-electron chi connectivity index (χ1n) is 15.9. The number of nitrogens with two attached hydrogens (primary N) is 1. The fraction of sp³-hybridized carbons (Fsp3) is 0.636. The van der Waals surface area contributed by atoms with Crippen LogP contribution in [0.4, 0.5) is 0 Å². The zero-order valence-electron chi connectivity index (χ0n) is 26.4. The van der Waals surface area contributed by atoms with E-state index in [1.54, 1.807) is 56.4 Å². The molecule has 0 aromatic rings. The molecule has 14 nitrogen and oxygen atoms in total. The molecule has 0 saturated carbocycles. The standard InChI is InChI=1S/C33H47NO13/c1-18-10-8-6-4-3-5-7-9-11-21(45-32-30(39)28(34)29(38)19(2)44-32)15-25-27(31(40)41)22(36)17-33(42,47-25)16-20(35)14-24-23(46-24)12-13-26(37)43-18/h3-9,11-13,18-25,27-30,32,35-36,38-39,42H,10,14-17,34H2,1-2H3,(H,40,41)/b4-3+,7-5+,8-6+,11-9+,13-12+/t18-,19?,20+,21+,22+,23-,24-,25+,27-,28?,29-,30-,32+,33-/m1/s1. The third-order valence-electron chi connectivity index (χ3n) is 8.58. The summed E-state index contributed by atoms with van der Waals surface area (Å²) in [5, 5.41) is 63.9. The number of fused-ring (bicyclic) bond motifs is 3. The lowest BCUT2D eigenvalue weighted by molar-refractivity contribution is -0.308. The van der Waals surface area contributed by atoms with Crippen molar-refractivity contribution in [3.05, 3.63) is 60.8 Å². The number of cyclic esters (lactones) is 1. The van der Waals surface area contributed by atoms with E-state index in [-0.39, 0.29) is 25.4 Å². The number of rotatable bonds is 3. The summed E-state index contributed by atoms with van der Waals surface area (Å²) in [6.07, 6.45) is 5.25. The number of ether oxygens (including phenoxy) is 5. The number of esters is 1. The Balaban J connectivity index is 1.58. The van der Waals surface area contributed by atoms with Gasteiger partial charge in [-0.05, 0) is 19.9 Å². The van der Waals surface area contributed by atoms with Crippen LogP contribution in [-0.2, 0) is 33.3 Å². The second kappa shape index (κ2) is 16.6. The molecule has 0 aromatic heterocycles. The molecule has 0 aromatic carbocycles. The summed E-state index contributed by atoms with van der Waals surface area (Å²) in [6.45, 7) is 3.34. The highest BCUT2D eigenvalue weighted by molar-refractivity contribution is 5.82. The van der Waals surface area contributed by atoms with E-state index >= 15 is 0 Å². The van der Waals surface area contributed by atoms with Gasteiger partial charge in [-0.3, -0.25) is 4.79 Å². The number of carbonyl (C=O) groups excluding carboxylic acids is 1. The van der Waals surface area contributed by atoms with E-state index in [1.807, 2.05) is 6.08 Å². The number of hydrogen-bond donors (Lipinski definition) is 7. The summed E-state index contributed by atoms with van der Waals surface area (Å²) >= 11 is 0. The third kappa shape index (κ3) is 10.6. The van der Waals surface area contributed by atoms with Crippen LogP contribution in [0.1, 0.15) is 46.0 Å². The van der Waals surface area contributed by atoms with Gasteiger partial charge in [0, 0.05) is 38.2 Å². The Bertz CT molecular complexity index is 1220. The molecule has 3 fully saturated rings. The number of aliphatic hydroxyl groups excluding tert-OH is 4. The molecule has 8 N–H and O–H groups in total. The smallest absolute Gasteiger partial charge is 0.330 e. The molecule has 4 aliphatic rings. The molecule has 0 spiro atoms. The van der Waals surface area contributed by atoms with Gasteiger partial charge in [0.25, 0.3) is 0 Å². The highest BCUT2D eigenvalue weighted by atomic mass is 16.7. The van der Waals surface area contributed by atoms with Crippen molar-refractivity contribution in [1.29, 1.82) is 0 Å². The Morgan fingerprint density at radius 3 is 2.36 bits per heavy atom. The molecular weight excluding hydrogens is 618 g/mol. The van der Waals surface area contributed by atoms with Crippen LogP contribution in [0.2, 0.25) is 0 Å². The number of allylic oxidation sites excluding steroid dienone is 6. The summed E-state index contributed by atoms with van der Waals surface area (Å²) < 4.78 is 28.5. The molecule has 2 unspecified atom stereocenters. The lowest BCUT2D eigenvalue weighted by Gasteiger charge is -2.45. The number of epoxide rings is 1. The normalized spacial score (nSPS) is 47.2. The molecule has 0 radical (unpaired) electrons. The predicted octanol–water partition coefficient (Wildman–Crippen LogP) is 0.120. The predicted molar refractivity (Wildman–Crippen MR) is 165 cm³/mol. The quantitative estimate of drug-likeness (QED) is 0.157. The van der Waals surface area contributed by atoms with Crippen molar-refractivity contribution in [2.75, 3.05) is 0 Å². The van der Waals surface area contributed by atoms with Crippen molar-refractivity contribution in [2.24, 2.45) is 11.7 Å². The Morgan fingerprint density at radius 2 is 1.64 bits per heavy atom. The highest BCUT2D eigenvalue weighted by Crippen LogP contribution is 2.39. The maximum absolute atomic E-state index is 12.3. The Hall–Kier alpha value is -2.76. The minimum Gasteiger partial charge on any atom is -0.481 e. The van der Waals surface area contributed by atoms with Crippen molar-refractivity contribution in [2.45, 2.75) is 125 Å². The molecule has 47 heavy (non-hydrogen) atoms. The summed E-state index contributed by atoms with van der Waals surface area (Å²) in [5.74, 6) is -5.45. The summed E-state index contributed by atoms with van der Waals surface area (Å²) in [5.41, 5.74) is 5.98. The van der Waals surface area contributed by atoms with Gasteiger partial charge in [-0.15, -0.1) is 0 Å². The molecule has 14 atom stereocenters. The van der Waals surface area contributed by atoms with E-state index in [0.717, 1.165) is 0 Å². The zero-order chi connectivity index (χ0) is 34.3. The molecule has 0 amide bonds. The number of carboxylic acid groups (broad SMARTS) is 1. The van der Waals surface area contributed by atoms with Crippen LogP contribution < -0.4 is 5.73 Å². The van der Waals surface area contributed by atoms with Crippen molar-refractivity contribution in [1.82, 2.24) is 0 Å². The van der Waals surface area contributed by atoms with Gasteiger partial charge in [0.05, 0.1) is 48.8 Å². The van der Waals surface area contributed by atoms with Gasteiger partial charge >= 0.3 is 11.9 Å². The average molecular weight is 666 g/mol. The maximum atomic E-state index is 12.3. The zero-order valence-corrected chi connectivity index (χ0v) is 26.4. The van der Waals surface area contributed by atoms with Gasteiger partial charge in [-0.25, -0.2) is 4.79 Å². The number of carboxylic acids is 1. The van der Waals surface area contributed by atoms with Crippen molar-refractivity contribution in [3.63, 3.8) is 0 Å². The molecule has 4 heterocycles. The van der Waals surface area contributed by atoms with Crippen LogP contribution in [0.3, 0.4) is 0 Å². The monoisotopic (exact) mass is 665 g/mol. The van der Waals surface area contributed by atoms with E-state index in [1.165, 1.54) is 12.2 Å². The van der Waals surface area contributed by atoms with Crippen molar-refractivity contribution >= 4 is 11.9 Å². The number of hydrogen-bond acceptors (Lipinski definition) is 13. The van der Waals surface area contributed by atoms with Crippen LogP contribution in [0.15, 0.2) is 60.8 Å². The van der Waals surface area contributed by atoms with Gasteiger partial charge in [0.1, 0.15) is 24.2 Å². The molecule has 262 valence electrons. The molecule has 14 heteroatoms. The number of carbonyl (C=O) groups is 2. The summed E-state index contributed by atoms with van der Waals surface area (Å²) in [4.78, 5) is 24.4. The van der Waals surface area contributed by atoms with E-state index in [9.17, 15) is 40.2 Å². The Morgan fingerprint density at radius 1 is 0.936 bits per heavy atom. The summed E-state index contributed by atoms with van der Waals surface area (Å²) in [7, 11) is 0. The highest BCUT2D eigenvalue weighted by Gasteiger charge is 2.51. The maximum Gasteiger partial charge on any atom is 0.330 e. The second-order valence-electron chi connectivity index (χ2n) is 12.6. The minimum atomic E-state index is -2.10. The Kier molecular flexibility index (Phi) is 13.1. The fourth-order valence-electron chi connectivity index (χ4n) is 6.00. The van der Waals surface area contributed by atoms with Crippen molar-refractivity contribution in [3.8, 4) is 0 Å². The number of aliphatic carboxylic acids is 1. The van der Waals surface area contributed by atoms with Crippen LogP contribution in [0.5, 0.6) is 0 Å². The van der Waals surface area contributed by atoms with Gasteiger partial charge in [-0.2, -0.15) is 0 Å². The molecule has 4 rings (SSSR count). The fourth-order valence-corrected chi connectivity index (χ4v) is 6.00. The van der Waals surface area contributed by atoms with Gasteiger partial charge in [-0.1, -0.05) is 48.6 Å². The van der Waals surface area contributed by atoms with E-state index in [0.29, 0.717) is 6.42 Å². The third-order valence-corrected chi connectivity index (χ3v) is 8.58. The first-order valence-corrected chi connectivity index (χ1v) is 15.9. The van der Waals surface area contributed by atoms with Gasteiger partial charge in [0.2, 0.25) is 0 Å². The van der Waals surface area contributed by atoms with Gasteiger partial charge < -0.3 is 60.1 Å². The van der Waals surface area contributed by atoms with E-state index < -0.39 is 97.3 Å². The topological polar surface area (TPSA) is 231 Å². The van der Waals surface area contributed by atoms with Crippen LogP contribution in [-0.4, -0.2) is 122 Å². The largest absolute Gasteiger partial charge is 0.481 e. The molecule has 3 saturated heterocycles. The molecule has 0 aliphatic carbocycles. The van der Waals surface area contributed by atoms with E-state index in [2.05, 4.69) is 0 Å². The molecule has 2 bridgehead atoms.